The Morgan fingerprint density at radius 3 is 2.59 bits per heavy atom. The Labute approximate surface area is 179 Å². The molecule has 2 rings (SSSR count). The van der Waals surface area contributed by atoms with Crippen molar-refractivity contribution in [3.05, 3.63) is 47.0 Å². The Balaban J connectivity index is 2.31. The summed E-state index contributed by atoms with van der Waals surface area (Å²) in [6, 6.07) is 4.73. The second-order valence-corrected chi connectivity index (χ2v) is 7.96. The molecule has 158 valence electrons. The number of phenolic OH excluding ortho intramolecular Hbond substituents is 1. The van der Waals surface area contributed by atoms with E-state index in [1.165, 1.54) is 4.90 Å². The number of halogens is 1. The highest BCUT2D eigenvalue weighted by atomic mass is 79.9. The minimum atomic E-state index is -0.317. The van der Waals surface area contributed by atoms with Gasteiger partial charge in [-0.05, 0) is 24.1 Å². The number of methoxy groups -OCH3 is 1. The molecular weight excluding hydrogens is 438 g/mol. The normalized spacial score (nSPS) is 15.1. The molecule has 0 heterocycles. The van der Waals surface area contributed by atoms with Crippen LogP contribution in [0.15, 0.2) is 41.4 Å². The molecule has 0 aromatic heterocycles. The van der Waals surface area contributed by atoms with Crippen LogP contribution in [-0.4, -0.2) is 54.3 Å². The Morgan fingerprint density at radius 2 is 2.07 bits per heavy atom. The van der Waals surface area contributed by atoms with Crippen molar-refractivity contribution in [2.75, 3.05) is 31.9 Å². The number of ether oxygens (including phenoxy) is 1. The first-order chi connectivity index (χ1) is 13.7. The number of rotatable bonds is 9. The van der Waals surface area contributed by atoms with Gasteiger partial charge in [0.2, 0.25) is 0 Å². The number of hydrogen-bond acceptors (Lipinski definition) is 6. The molecule has 0 saturated heterocycles. The third-order valence-electron chi connectivity index (χ3n) is 4.67. The maximum Gasteiger partial charge on any atom is 0.257 e. The maximum atomic E-state index is 12.2. The summed E-state index contributed by atoms with van der Waals surface area (Å²) in [5.41, 5.74) is 1.61. The topological polar surface area (TPSA) is 90.9 Å². The first kappa shape index (κ1) is 22.8. The van der Waals surface area contributed by atoms with E-state index in [4.69, 9.17) is 4.74 Å². The van der Waals surface area contributed by atoms with Crippen LogP contribution in [0.3, 0.4) is 0 Å². The maximum absolute atomic E-state index is 12.2. The van der Waals surface area contributed by atoms with Crippen LogP contribution < -0.4 is 10.6 Å². The molecule has 1 atom stereocenters. The van der Waals surface area contributed by atoms with Crippen LogP contribution >= 0.6 is 15.9 Å². The monoisotopic (exact) mass is 465 g/mol. The van der Waals surface area contributed by atoms with E-state index in [-0.39, 0.29) is 41.4 Å². The molecule has 1 aliphatic rings. The molecule has 0 fully saturated rings. The lowest BCUT2D eigenvalue weighted by molar-refractivity contribution is -0.116. The van der Waals surface area contributed by atoms with Crippen LogP contribution in [-0.2, 0) is 9.53 Å². The van der Waals surface area contributed by atoms with Crippen molar-refractivity contribution in [1.29, 1.82) is 0 Å². The number of amides is 1. The van der Waals surface area contributed by atoms with Crippen molar-refractivity contribution < 1.29 is 19.4 Å². The molecule has 29 heavy (non-hydrogen) atoms. The summed E-state index contributed by atoms with van der Waals surface area (Å²) in [6.45, 7) is 4.13. The molecule has 8 heteroatoms. The van der Waals surface area contributed by atoms with E-state index in [0.717, 1.165) is 11.5 Å². The smallest absolute Gasteiger partial charge is 0.257 e. The number of carbonyl (C=O) groups is 2. The van der Waals surface area contributed by atoms with Gasteiger partial charge >= 0.3 is 0 Å². The van der Waals surface area contributed by atoms with E-state index < -0.39 is 0 Å². The van der Waals surface area contributed by atoms with Crippen LogP contribution in [0.2, 0.25) is 0 Å². The number of para-hydroxylation sites is 1. The molecule has 0 bridgehead atoms. The van der Waals surface area contributed by atoms with E-state index >= 15 is 0 Å². The number of Topliss-reactive ketones (excluding diaryl/α,β-unsaturated/α-hetero) is 1. The predicted octanol–water partition coefficient (Wildman–Crippen LogP) is 3.23. The average molecular weight is 466 g/mol. The van der Waals surface area contributed by atoms with Crippen molar-refractivity contribution >= 4 is 33.3 Å². The number of carbonyl (C=O) groups excluding carboxylic acids is 2. The number of benzene rings is 1. The number of ketones is 1. The summed E-state index contributed by atoms with van der Waals surface area (Å²) in [5.74, 6) is 0.434. The average Bonchev–Trinajstić information content (AvgIpc) is 2.67. The number of aromatic hydroxyl groups is 1. The molecule has 1 aromatic rings. The van der Waals surface area contributed by atoms with Gasteiger partial charge in [0.15, 0.2) is 11.5 Å². The highest BCUT2D eigenvalue weighted by molar-refractivity contribution is 9.09. The van der Waals surface area contributed by atoms with Crippen molar-refractivity contribution in [2.24, 2.45) is 5.92 Å². The van der Waals surface area contributed by atoms with Gasteiger partial charge in [-0.2, -0.15) is 0 Å². The SMILES string of the molecule is CO/C(=C\CBr)C(NC1=C(Nc2cccc(C(=O)N(C)C)c2O)C(=O)C1)C(C)C. The summed E-state index contributed by atoms with van der Waals surface area (Å²) in [7, 11) is 4.85. The highest BCUT2D eigenvalue weighted by Gasteiger charge is 2.32. The summed E-state index contributed by atoms with van der Waals surface area (Å²) < 4.78 is 5.51. The summed E-state index contributed by atoms with van der Waals surface area (Å²) in [4.78, 5) is 25.8. The quantitative estimate of drug-likeness (QED) is 0.294. The van der Waals surface area contributed by atoms with Crippen LogP contribution in [0.1, 0.15) is 30.6 Å². The van der Waals surface area contributed by atoms with Gasteiger partial charge in [0.25, 0.3) is 5.91 Å². The fraction of sp³-hybridized carbons (Fsp3) is 0.429. The number of anilines is 1. The van der Waals surface area contributed by atoms with Gasteiger partial charge in [-0.3, -0.25) is 9.59 Å². The Bertz CT molecular complexity index is 846. The van der Waals surface area contributed by atoms with Crippen molar-refractivity contribution in [3.63, 3.8) is 0 Å². The fourth-order valence-electron chi connectivity index (χ4n) is 3.03. The van der Waals surface area contributed by atoms with Crippen molar-refractivity contribution in [1.82, 2.24) is 10.2 Å². The second kappa shape index (κ2) is 9.82. The summed E-state index contributed by atoms with van der Waals surface area (Å²) in [6.07, 6.45) is 2.21. The number of hydrogen-bond donors (Lipinski definition) is 3. The Kier molecular flexibility index (Phi) is 7.73. The van der Waals surface area contributed by atoms with Gasteiger partial charge in [0.05, 0.1) is 30.8 Å². The molecule has 7 nitrogen and oxygen atoms in total. The zero-order valence-electron chi connectivity index (χ0n) is 17.4. The van der Waals surface area contributed by atoms with Gasteiger partial charge in [0, 0.05) is 25.1 Å². The highest BCUT2D eigenvalue weighted by Crippen LogP contribution is 2.33. The lowest BCUT2D eigenvalue weighted by Gasteiger charge is -2.32. The number of nitrogens with one attached hydrogen (secondary N) is 2. The minimum Gasteiger partial charge on any atom is -0.505 e. The number of phenols is 1. The largest absolute Gasteiger partial charge is 0.505 e. The molecule has 1 aromatic carbocycles. The molecule has 0 radical (unpaired) electrons. The van der Waals surface area contributed by atoms with E-state index in [1.54, 1.807) is 39.4 Å². The number of alkyl halides is 1. The summed E-state index contributed by atoms with van der Waals surface area (Å²) in [5, 5.41) is 17.6. The first-order valence-corrected chi connectivity index (χ1v) is 10.5. The molecule has 1 aliphatic carbocycles. The van der Waals surface area contributed by atoms with E-state index in [2.05, 4.69) is 40.4 Å². The van der Waals surface area contributed by atoms with Crippen LogP contribution in [0.5, 0.6) is 5.75 Å². The molecule has 0 aliphatic heterocycles. The first-order valence-electron chi connectivity index (χ1n) is 9.34. The van der Waals surface area contributed by atoms with Gasteiger partial charge in [0.1, 0.15) is 11.5 Å². The zero-order chi connectivity index (χ0) is 21.7. The predicted molar refractivity (Wildman–Crippen MR) is 117 cm³/mol. The molecule has 3 N–H and O–H groups in total. The van der Waals surface area contributed by atoms with E-state index in [0.29, 0.717) is 16.7 Å². The third kappa shape index (κ3) is 5.12. The molecule has 0 saturated carbocycles. The van der Waals surface area contributed by atoms with Gasteiger partial charge < -0.3 is 25.4 Å². The molecular formula is C21H28BrN3O4. The Hall–Kier alpha value is -2.48. The van der Waals surface area contributed by atoms with Gasteiger partial charge in [-0.25, -0.2) is 0 Å². The van der Waals surface area contributed by atoms with E-state index in [1.807, 2.05) is 6.08 Å². The Morgan fingerprint density at radius 1 is 1.38 bits per heavy atom. The van der Waals surface area contributed by atoms with Gasteiger partial charge in [-0.1, -0.05) is 35.8 Å². The number of allylic oxidation sites excluding steroid dienone is 3. The van der Waals surface area contributed by atoms with Crippen LogP contribution in [0.25, 0.3) is 0 Å². The van der Waals surface area contributed by atoms with E-state index in [9.17, 15) is 14.7 Å². The second-order valence-electron chi connectivity index (χ2n) is 7.31. The minimum absolute atomic E-state index is 0.0674. The van der Waals surface area contributed by atoms with Crippen molar-refractivity contribution in [2.45, 2.75) is 26.3 Å². The van der Waals surface area contributed by atoms with Gasteiger partial charge in [-0.15, -0.1) is 0 Å². The standard InChI is InChI=1S/C21H28BrN3O4/c1-12(2)18(17(29-5)9-10-22)24-15-11-16(26)19(15)23-14-8-6-7-13(20(14)27)21(28)25(3)4/h6-9,12,18,23-24,27H,10-11H2,1-5H3/b17-9-. The fourth-order valence-corrected chi connectivity index (χ4v) is 3.35. The summed E-state index contributed by atoms with van der Waals surface area (Å²) >= 11 is 3.39. The number of nitrogens with zero attached hydrogens (tertiary/aromatic N) is 1. The third-order valence-corrected chi connectivity index (χ3v) is 4.99. The molecule has 1 amide bonds. The lowest BCUT2D eigenvalue weighted by Crippen LogP contribution is -2.42. The molecule has 0 spiro atoms. The lowest BCUT2D eigenvalue weighted by atomic mass is 9.94. The molecule has 1 unspecified atom stereocenters. The van der Waals surface area contributed by atoms with Crippen LogP contribution in [0, 0.1) is 5.92 Å². The van der Waals surface area contributed by atoms with Crippen molar-refractivity contribution in [3.8, 4) is 5.75 Å². The van der Waals surface area contributed by atoms with Crippen LogP contribution in [0.4, 0.5) is 5.69 Å². The zero-order valence-corrected chi connectivity index (χ0v) is 19.0.